The minimum absolute atomic E-state index is 0.913. The van der Waals surface area contributed by atoms with Gasteiger partial charge in [-0.3, -0.25) is 0 Å². The summed E-state index contributed by atoms with van der Waals surface area (Å²) in [5, 5.41) is 1.48. The van der Waals surface area contributed by atoms with E-state index in [-0.39, 0.29) is 0 Å². The van der Waals surface area contributed by atoms with Gasteiger partial charge in [0.25, 0.3) is 0 Å². The zero-order chi connectivity index (χ0) is 9.80. The Morgan fingerprint density at radius 3 is 2.86 bits per heavy atom. The van der Waals surface area contributed by atoms with Crippen molar-refractivity contribution in [2.24, 2.45) is 0 Å². The first-order valence-corrected chi connectivity index (χ1v) is 6.87. The van der Waals surface area contributed by atoms with Gasteiger partial charge in [0.2, 0.25) is 0 Å². The fourth-order valence-corrected chi connectivity index (χ4v) is 2.54. The van der Waals surface area contributed by atoms with Crippen LogP contribution in [0.3, 0.4) is 0 Å². The van der Waals surface area contributed by atoms with Crippen LogP contribution >= 0.6 is 8.58 Å². The van der Waals surface area contributed by atoms with Crippen LogP contribution in [0.25, 0.3) is 5.57 Å². The first kappa shape index (κ1) is 9.93. The molecule has 1 aromatic carbocycles. The Balaban J connectivity index is 2.26. The van der Waals surface area contributed by atoms with Crippen molar-refractivity contribution in [1.29, 1.82) is 0 Å². The molecular weight excluding hydrogens is 187 g/mol. The van der Waals surface area contributed by atoms with Gasteiger partial charge in [0.1, 0.15) is 0 Å². The fourth-order valence-electron chi connectivity index (χ4n) is 1.97. The Morgan fingerprint density at radius 1 is 1.21 bits per heavy atom. The molecule has 0 aromatic heterocycles. The van der Waals surface area contributed by atoms with Gasteiger partial charge in [-0.05, 0) is 54.9 Å². The summed E-state index contributed by atoms with van der Waals surface area (Å²) in [5.74, 6) is 0. The molecule has 1 aromatic rings. The highest BCUT2D eigenvalue weighted by atomic mass is 31.1. The molecule has 0 radical (unpaired) electrons. The Bertz CT molecular complexity index is 339. The van der Waals surface area contributed by atoms with Crippen LogP contribution in [0.15, 0.2) is 30.3 Å². The fraction of sp³-hybridized carbons (Fsp3) is 0.385. The van der Waals surface area contributed by atoms with E-state index < -0.39 is 0 Å². The quantitative estimate of drug-likeness (QED) is 0.646. The van der Waals surface area contributed by atoms with Gasteiger partial charge in [-0.15, -0.1) is 0 Å². The van der Waals surface area contributed by atoms with E-state index >= 15 is 0 Å². The Hall–Kier alpha value is -0.610. The predicted molar refractivity (Wildman–Crippen MR) is 66.8 cm³/mol. The number of allylic oxidation sites excluding steroid dienone is 2. The normalized spacial score (nSPS) is 17.4. The van der Waals surface area contributed by atoms with E-state index in [2.05, 4.69) is 37.0 Å². The van der Waals surface area contributed by atoms with Crippen molar-refractivity contribution in [2.75, 3.05) is 6.66 Å². The van der Waals surface area contributed by atoms with E-state index in [9.17, 15) is 0 Å². The summed E-state index contributed by atoms with van der Waals surface area (Å²) < 4.78 is 0. The van der Waals surface area contributed by atoms with Crippen molar-refractivity contribution < 1.29 is 0 Å². The summed E-state index contributed by atoms with van der Waals surface area (Å²) in [6.45, 7) is 2.24. The smallest absolute Gasteiger partial charge is 0.0221 e. The highest BCUT2D eigenvalue weighted by molar-refractivity contribution is 7.46. The first-order valence-electron chi connectivity index (χ1n) is 5.37. The van der Waals surface area contributed by atoms with Crippen LogP contribution in [0, 0.1) is 0 Å². The van der Waals surface area contributed by atoms with E-state index in [1.807, 2.05) is 0 Å². The highest BCUT2D eigenvalue weighted by Gasteiger charge is 2.05. The standard InChI is InChI=1S/C13H17P/c1-14-13-9-5-8-12(10-13)11-6-3-2-4-7-11/h5-6,8-10,14H,2-4,7H2,1H3. The van der Waals surface area contributed by atoms with Gasteiger partial charge in [0.05, 0.1) is 0 Å². The lowest BCUT2D eigenvalue weighted by atomic mass is 9.94. The summed E-state index contributed by atoms with van der Waals surface area (Å²) in [4.78, 5) is 0. The largest absolute Gasteiger partial charge is 0.0936 e. The summed E-state index contributed by atoms with van der Waals surface area (Å²) in [7, 11) is 0.913. The van der Waals surface area contributed by atoms with Crippen LogP contribution in [0.5, 0.6) is 0 Å². The summed E-state index contributed by atoms with van der Waals surface area (Å²) in [6.07, 6.45) is 7.70. The number of benzene rings is 1. The average molecular weight is 204 g/mol. The maximum atomic E-state index is 2.42. The van der Waals surface area contributed by atoms with Gasteiger partial charge >= 0.3 is 0 Å². The van der Waals surface area contributed by atoms with Gasteiger partial charge in [0, 0.05) is 0 Å². The third-order valence-electron chi connectivity index (χ3n) is 2.81. The topological polar surface area (TPSA) is 0 Å². The molecule has 0 amide bonds. The van der Waals surface area contributed by atoms with Crippen molar-refractivity contribution in [1.82, 2.24) is 0 Å². The Labute approximate surface area is 88.2 Å². The Kier molecular flexibility index (Phi) is 3.37. The van der Waals surface area contributed by atoms with Gasteiger partial charge in [0.15, 0.2) is 0 Å². The Morgan fingerprint density at radius 2 is 2.14 bits per heavy atom. The highest BCUT2D eigenvalue weighted by Crippen LogP contribution is 2.26. The summed E-state index contributed by atoms with van der Waals surface area (Å²) >= 11 is 0. The van der Waals surface area contributed by atoms with Gasteiger partial charge in [-0.1, -0.05) is 32.9 Å². The maximum Gasteiger partial charge on any atom is -0.0221 e. The van der Waals surface area contributed by atoms with Crippen LogP contribution < -0.4 is 5.30 Å². The molecule has 0 fully saturated rings. The molecule has 1 aliphatic rings. The summed E-state index contributed by atoms with van der Waals surface area (Å²) in [6, 6.07) is 9.03. The summed E-state index contributed by atoms with van der Waals surface area (Å²) in [5.41, 5.74) is 3.02. The molecule has 74 valence electrons. The molecule has 0 nitrogen and oxygen atoms in total. The van der Waals surface area contributed by atoms with Crippen LogP contribution in [0.4, 0.5) is 0 Å². The molecule has 1 aliphatic carbocycles. The van der Waals surface area contributed by atoms with Gasteiger partial charge in [-0.25, -0.2) is 0 Å². The lowest BCUT2D eigenvalue weighted by Gasteiger charge is -2.13. The second-order valence-electron chi connectivity index (χ2n) is 3.81. The number of hydrogen-bond donors (Lipinski definition) is 0. The second kappa shape index (κ2) is 4.75. The van der Waals surface area contributed by atoms with E-state index in [0.717, 1.165) is 8.58 Å². The second-order valence-corrected chi connectivity index (χ2v) is 4.88. The minimum Gasteiger partial charge on any atom is -0.0936 e. The molecule has 0 aliphatic heterocycles. The molecule has 14 heavy (non-hydrogen) atoms. The maximum absolute atomic E-state index is 2.42. The van der Waals surface area contributed by atoms with E-state index in [1.165, 1.54) is 36.6 Å². The molecule has 0 bridgehead atoms. The molecule has 0 N–H and O–H groups in total. The van der Waals surface area contributed by atoms with Crippen molar-refractivity contribution in [3.63, 3.8) is 0 Å². The van der Waals surface area contributed by atoms with Gasteiger partial charge in [-0.2, -0.15) is 0 Å². The van der Waals surface area contributed by atoms with Crippen LogP contribution in [-0.2, 0) is 0 Å². The van der Waals surface area contributed by atoms with Crippen LogP contribution in [-0.4, -0.2) is 6.66 Å². The molecule has 2 rings (SSSR count). The third kappa shape index (κ3) is 2.25. The zero-order valence-electron chi connectivity index (χ0n) is 8.72. The first-order chi connectivity index (χ1) is 6.90. The average Bonchev–Trinajstić information content (AvgIpc) is 2.30. The lowest BCUT2D eigenvalue weighted by Crippen LogP contribution is -1.97. The molecule has 0 saturated carbocycles. The molecule has 0 spiro atoms. The molecule has 1 heteroatoms. The molecule has 0 heterocycles. The number of hydrogen-bond acceptors (Lipinski definition) is 0. The molecular formula is C13H17P. The van der Waals surface area contributed by atoms with Gasteiger partial charge < -0.3 is 0 Å². The van der Waals surface area contributed by atoms with Crippen LogP contribution in [0.1, 0.15) is 31.2 Å². The number of rotatable bonds is 2. The zero-order valence-corrected chi connectivity index (χ0v) is 9.72. The van der Waals surface area contributed by atoms with Crippen molar-refractivity contribution in [3.05, 3.63) is 35.9 Å². The van der Waals surface area contributed by atoms with E-state index in [1.54, 1.807) is 5.57 Å². The third-order valence-corrected chi connectivity index (χ3v) is 3.70. The van der Waals surface area contributed by atoms with Crippen molar-refractivity contribution in [2.45, 2.75) is 25.7 Å². The van der Waals surface area contributed by atoms with Crippen molar-refractivity contribution in [3.8, 4) is 0 Å². The van der Waals surface area contributed by atoms with Crippen molar-refractivity contribution >= 4 is 19.5 Å². The SMILES string of the molecule is CPc1cccc(C2=CCCCC2)c1. The molecule has 1 unspecified atom stereocenters. The lowest BCUT2D eigenvalue weighted by molar-refractivity contribution is 0.742. The minimum atomic E-state index is 0.913. The molecule has 0 saturated heterocycles. The van der Waals surface area contributed by atoms with E-state index in [4.69, 9.17) is 0 Å². The van der Waals surface area contributed by atoms with E-state index in [0.29, 0.717) is 0 Å². The molecule has 1 atom stereocenters. The van der Waals surface area contributed by atoms with Crippen LogP contribution in [0.2, 0.25) is 0 Å². The monoisotopic (exact) mass is 204 g/mol. The predicted octanol–water partition coefficient (Wildman–Crippen LogP) is 3.58.